The molecule has 80 valence electrons. The number of nitrogens with one attached hydrogen (secondary N) is 1. The number of aryl methyl sites for hydroxylation is 1. The first kappa shape index (κ1) is 9.60. The standard InChI is InChI=1S/C12H9ClN2O/c13-8-3-1-7(2-4-8)11-14-10-6-5-9(10)12(16)15-11/h1-4H,5-6H2,(H,14,15,16). The first-order chi connectivity index (χ1) is 7.74. The lowest BCUT2D eigenvalue weighted by Crippen LogP contribution is -2.26. The normalized spacial score (nSPS) is 13.1. The lowest BCUT2D eigenvalue weighted by atomic mass is 9.95. The van der Waals surface area contributed by atoms with Crippen LogP contribution in [0.1, 0.15) is 11.3 Å². The van der Waals surface area contributed by atoms with Gasteiger partial charge in [-0.25, -0.2) is 4.98 Å². The molecule has 0 fully saturated rings. The van der Waals surface area contributed by atoms with Gasteiger partial charge in [0, 0.05) is 16.1 Å². The molecule has 0 saturated carbocycles. The van der Waals surface area contributed by atoms with Crippen LogP contribution in [0.3, 0.4) is 0 Å². The summed E-state index contributed by atoms with van der Waals surface area (Å²) in [6.45, 7) is 0. The highest BCUT2D eigenvalue weighted by Gasteiger charge is 2.19. The molecule has 0 unspecified atom stereocenters. The van der Waals surface area contributed by atoms with Gasteiger partial charge in [0.05, 0.1) is 5.69 Å². The van der Waals surface area contributed by atoms with Gasteiger partial charge in [0.2, 0.25) is 0 Å². The average Bonchev–Trinajstić information content (AvgIpc) is 2.22. The van der Waals surface area contributed by atoms with E-state index in [1.54, 1.807) is 12.1 Å². The maximum Gasteiger partial charge on any atom is 0.254 e. The molecule has 0 amide bonds. The molecule has 3 rings (SSSR count). The molecule has 1 aromatic heterocycles. The fourth-order valence-corrected chi connectivity index (χ4v) is 1.95. The number of fused-ring (bicyclic) bond motifs is 1. The van der Waals surface area contributed by atoms with Crippen molar-refractivity contribution in [2.45, 2.75) is 12.8 Å². The number of halogens is 1. The molecule has 1 heterocycles. The van der Waals surface area contributed by atoms with Gasteiger partial charge >= 0.3 is 0 Å². The van der Waals surface area contributed by atoms with Crippen LogP contribution < -0.4 is 5.56 Å². The van der Waals surface area contributed by atoms with Crippen LogP contribution in [0.15, 0.2) is 29.1 Å². The van der Waals surface area contributed by atoms with Gasteiger partial charge in [-0.15, -0.1) is 0 Å². The third-order valence-corrected chi connectivity index (χ3v) is 3.08. The van der Waals surface area contributed by atoms with E-state index in [2.05, 4.69) is 9.97 Å². The lowest BCUT2D eigenvalue weighted by molar-refractivity contribution is 0.759. The van der Waals surface area contributed by atoms with Crippen molar-refractivity contribution in [2.75, 3.05) is 0 Å². The van der Waals surface area contributed by atoms with Crippen LogP contribution in [-0.2, 0) is 12.8 Å². The summed E-state index contributed by atoms with van der Waals surface area (Å²) in [6, 6.07) is 7.28. The van der Waals surface area contributed by atoms with E-state index < -0.39 is 0 Å². The van der Waals surface area contributed by atoms with Gasteiger partial charge in [-0.2, -0.15) is 0 Å². The van der Waals surface area contributed by atoms with Crippen LogP contribution >= 0.6 is 11.6 Å². The second kappa shape index (κ2) is 3.46. The second-order valence-electron chi connectivity index (χ2n) is 3.85. The van der Waals surface area contributed by atoms with Gasteiger partial charge in [0.1, 0.15) is 5.82 Å². The first-order valence-corrected chi connectivity index (χ1v) is 5.50. The molecule has 4 heteroatoms. The quantitative estimate of drug-likeness (QED) is 0.819. The zero-order valence-electron chi connectivity index (χ0n) is 8.46. The molecule has 0 radical (unpaired) electrons. The van der Waals surface area contributed by atoms with Crippen LogP contribution in [0.2, 0.25) is 5.02 Å². The van der Waals surface area contributed by atoms with E-state index in [0.717, 1.165) is 29.7 Å². The van der Waals surface area contributed by atoms with Crippen LogP contribution in [0.4, 0.5) is 0 Å². The Morgan fingerprint density at radius 2 is 1.94 bits per heavy atom. The molecule has 0 atom stereocenters. The Bertz CT molecular complexity index is 601. The number of H-pyrrole nitrogens is 1. The summed E-state index contributed by atoms with van der Waals surface area (Å²) in [7, 11) is 0. The summed E-state index contributed by atoms with van der Waals surface area (Å²) in [5.41, 5.74) is 2.63. The van der Waals surface area contributed by atoms with Crippen molar-refractivity contribution in [1.29, 1.82) is 0 Å². The first-order valence-electron chi connectivity index (χ1n) is 5.12. The molecule has 0 spiro atoms. The van der Waals surface area contributed by atoms with Crippen molar-refractivity contribution in [1.82, 2.24) is 9.97 Å². The van der Waals surface area contributed by atoms with E-state index >= 15 is 0 Å². The van der Waals surface area contributed by atoms with Gasteiger partial charge in [-0.3, -0.25) is 4.79 Å². The van der Waals surface area contributed by atoms with Gasteiger partial charge in [0.15, 0.2) is 0 Å². The molecule has 1 aliphatic rings. The Morgan fingerprint density at radius 3 is 2.50 bits per heavy atom. The van der Waals surface area contributed by atoms with E-state index in [9.17, 15) is 4.79 Å². The van der Waals surface area contributed by atoms with Crippen LogP contribution in [0.5, 0.6) is 0 Å². The molecule has 0 bridgehead atoms. The van der Waals surface area contributed by atoms with Gasteiger partial charge in [0.25, 0.3) is 5.56 Å². The maximum atomic E-state index is 11.6. The van der Waals surface area contributed by atoms with Crippen LogP contribution in [0, 0.1) is 0 Å². The van der Waals surface area contributed by atoms with Crippen molar-refractivity contribution in [2.24, 2.45) is 0 Å². The summed E-state index contributed by atoms with van der Waals surface area (Å²) in [4.78, 5) is 18.8. The van der Waals surface area contributed by atoms with E-state index in [0.29, 0.717) is 10.8 Å². The van der Waals surface area contributed by atoms with Crippen molar-refractivity contribution >= 4 is 11.6 Å². The predicted octanol–water partition coefficient (Wildman–Crippen LogP) is 2.19. The van der Waals surface area contributed by atoms with E-state index in [-0.39, 0.29) is 5.56 Å². The molecule has 1 aromatic carbocycles. The summed E-state index contributed by atoms with van der Waals surface area (Å²) < 4.78 is 0. The van der Waals surface area contributed by atoms with Gasteiger partial charge < -0.3 is 4.98 Å². The fourth-order valence-electron chi connectivity index (χ4n) is 1.82. The number of aromatic amines is 1. The maximum absolute atomic E-state index is 11.6. The topological polar surface area (TPSA) is 45.8 Å². The zero-order chi connectivity index (χ0) is 11.1. The summed E-state index contributed by atoms with van der Waals surface area (Å²) in [5, 5.41) is 0.676. The molecular formula is C12H9ClN2O. The molecule has 0 saturated heterocycles. The van der Waals surface area contributed by atoms with E-state index in [1.807, 2.05) is 12.1 Å². The lowest BCUT2D eigenvalue weighted by Gasteiger charge is -2.16. The zero-order valence-corrected chi connectivity index (χ0v) is 9.21. The molecule has 2 aromatic rings. The third kappa shape index (κ3) is 1.44. The summed E-state index contributed by atoms with van der Waals surface area (Å²) in [5.74, 6) is 0.625. The van der Waals surface area contributed by atoms with Gasteiger partial charge in [-0.1, -0.05) is 11.6 Å². The average molecular weight is 233 g/mol. The smallest absolute Gasteiger partial charge is 0.254 e. The Morgan fingerprint density at radius 1 is 1.19 bits per heavy atom. The number of rotatable bonds is 1. The van der Waals surface area contributed by atoms with Crippen molar-refractivity contribution in [3.63, 3.8) is 0 Å². The fraction of sp³-hybridized carbons (Fsp3) is 0.167. The van der Waals surface area contributed by atoms with Crippen LogP contribution in [-0.4, -0.2) is 9.97 Å². The van der Waals surface area contributed by atoms with E-state index in [4.69, 9.17) is 11.6 Å². The summed E-state index contributed by atoms with van der Waals surface area (Å²) in [6.07, 6.45) is 1.75. The predicted molar refractivity (Wildman–Crippen MR) is 62.7 cm³/mol. The highest BCUT2D eigenvalue weighted by molar-refractivity contribution is 6.30. The Balaban J connectivity index is 2.13. The highest BCUT2D eigenvalue weighted by Crippen LogP contribution is 2.21. The monoisotopic (exact) mass is 232 g/mol. The van der Waals surface area contributed by atoms with Crippen molar-refractivity contribution in [3.05, 3.63) is 50.9 Å². The number of hydrogen-bond donors (Lipinski definition) is 1. The molecule has 3 nitrogen and oxygen atoms in total. The van der Waals surface area contributed by atoms with Gasteiger partial charge in [-0.05, 0) is 37.1 Å². The minimum atomic E-state index is -0.0128. The number of nitrogens with zero attached hydrogens (tertiary/aromatic N) is 1. The number of aromatic nitrogens is 2. The Hall–Kier alpha value is -1.61. The minimum Gasteiger partial charge on any atom is -0.306 e. The van der Waals surface area contributed by atoms with E-state index in [1.165, 1.54) is 0 Å². The van der Waals surface area contributed by atoms with Crippen molar-refractivity contribution < 1.29 is 0 Å². The highest BCUT2D eigenvalue weighted by atomic mass is 35.5. The molecule has 1 N–H and O–H groups in total. The molecular weight excluding hydrogens is 224 g/mol. The summed E-state index contributed by atoms with van der Waals surface area (Å²) >= 11 is 5.81. The molecule has 0 aliphatic heterocycles. The van der Waals surface area contributed by atoms with Crippen molar-refractivity contribution in [3.8, 4) is 11.4 Å². The third-order valence-electron chi connectivity index (χ3n) is 2.83. The Labute approximate surface area is 97.1 Å². The number of benzene rings is 1. The second-order valence-corrected chi connectivity index (χ2v) is 4.28. The molecule has 1 aliphatic carbocycles. The van der Waals surface area contributed by atoms with Crippen LogP contribution in [0.25, 0.3) is 11.4 Å². The minimum absolute atomic E-state index is 0.0128. The Kier molecular flexibility index (Phi) is 2.07. The SMILES string of the molecule is O=c1[nH]c(-c2ccc(Cl)cc2)nc2c1CC2. The largest absolute Gasteiger partial charge is 0.306 e. The molecule has 16 heavy (non-hydrogen) atoms. The number of hydrogen-bond acceptors (Lipinski definition) is 2.